The molecule has 26 valence electrons. The van der Waals surface area contributed by atoms with E-state index < -0.39 is 5.37 Å². The molecule has 0 aliphatic heterocycles. The van der Waals surface area contributed by atoms with E-state index in [1.54, 1.807) is 0 Å². The molecule has 0 radical (unpaired) electrons. The second kappa shape index (κ2) is 1.74. The predicted octanol–water partition coefficient (Wildman–Crippen LogP) is 1.31. The summed E-state index contributed by atoms with van der Waals surface area (Å²) in [6, 6.07) is 0. The highest BCUT2D eigenvalue weighted by molar-refractivity contribution is 6.65. The van der Waals surface area contributed by atoms with E-state index in [0.29, 0.717) is 0 Å². The topological polar surface area (TPSA) is 21.4 Å². The highest BCUT2D eigenvalue weighted by atomic mass is 35.5. The summed E-state index contributed by atoms with van der Waals surface area (Å²) in [7, 11) is 0. The van der Waals surface area contributed by atoms with E-state index in [1.807, 2.05) is 0 Å². The number of halogens is 1. The fourth-order valence-corrected chi connectivity index (χ4v) is 0. The second-order valence-electron chi connectivity index (χ2n) is 0.382. The third kappa shape index (κ3) is 3.45. The third-order valence-corrected chi connectivity index (χ3v) is 0.199. The Labute approximate surface area is 34.2 Å². The Morgan fingerprint density at radius 1 is 2.00 bits per heavy atom. The molecule has 0 aromatic heterocycles. The molecule has 0 aromatic rings. The normalized spacial score (nSPS) is 5.60. The van der Waals surface area contributed by atoms with Crippen LogP contribution in [0, 0.1) is 6.57 Å². The first-order valence-corrected chi connectivity index (χ1v) is 1.25. The van der Waals surface area contributed by atoms with Crippen LogP contribution >= 0.6 is 11.6 Å². The van der Waals surface area contributed by atoms with Gasteiger partial charge >= 0.3 is 5.37 Å². The van der Waals surface area contributed by atoms with Crippen LogP contribution in [0.25, 0.3) is 4.85 Å². The van der Waals surface area contributed by atoms with Crippen LogP contribution in [-0.4, -0.2) is 5.37 Å². The van der Waals surface area contributed by atoms with Crippen LogP contribution in [0.2, 0.25) is 0 Å². The zero-order valence-corrected chi connectivity index (χ0v) is 3.07. The summed E-state index contributed by atoms with van der Waals surface area (Å²) in [6.45, 7) is 4.31. The average Bonchev–Trinajstić information content (AvgIpc) is 1.38. The molecule has 1 amide bonds. The number of nitrogens with zero attached hydrogens (tertiary/aromatic N) is 1. The molecular formula is C2HClNO+. The van der Waals surface area contributed by atoms with Gasteiger partial charge in [0.2, 0.25) is 0 Å². The van der Waals surface area contributed by atoms with Gasteiger partial charge in [-0.3, -0.25) is 0 Å². The van der Waals surface area contributed by atoms with Crippen molar-refractivity contribution in [2.45, 2.75) is 0 Å². The summed E-state index contributed by atoms with van der Waals surface area (Å²) in [5, 5.41) is -0.870. The quantitative estimate of drug-likeness (QED) is 0.325. The molecule has 0 aliphatic carbocycles. The molecule has 0 aromatic carbocycles. The standard InChI is InChI=1S/C2HClNO/c1-4-2(3)5/h1H/q+1. The summed E-state index contributed by atoms with van der Waals surface area (Å²) in [6.07, 6.45) is 0. The zero-order chi connectivity index (χ0) is 4.28. The number of amides is 1. The van der Waals surface area contributed by atoms with Crippen molar-refractivity contribution in [2.24, 2.45) is 0 Å². The van der Waals surface area contributed by atoms with Gasteiger partial charge in [0, 0.05) is 4.85 Å². The average molecular weight is 90.5 g/mol. The van der Waals surface area contributed by atoms with E-state index in [9.17, 15) is 4.79 Å². The van der Waals surface area contributed by atoms with Crippen molar-refractivity contribution in [3.05, 3.63) is 4.85 Å². The minimum atomic E-state index is -0.870. The van der Waals surface area contributed by atoms with Crippen LogP contribution in [0.4, 0.5) is 4.79 Å². The monoisotopic (exact) mass is 90.0 g/mol. The molecule has 2 nitrogen and oxygen atoms in total. The Balaban J connectivity index is 3.35. The maximum absolute atomic E-state index is 9.29. The number of carbonyl (C=O) groups excluding carboxylic acids is 1. The fourth-order valence-electron chi connectivity index (χ4n) is 0. The van der Waals surface area contributed by atoms with Crippen LogP contribution in [0.1, 0.15) is 0 Å². The first kappa shape index (κ1) is 4.45. The van der Waals surface area contributed by atoms with Gasteiger partial charge in [-0.1, -0.05) is 0 Å². The lowest BCUT2D eigenvalue weighted by Crippen LogP contribution is -1.57. The van der Waals surface area contributed by atoms with E-state index in [1.165, 1.54) is 0 Å². The van der Waals surface area contributed by atoms with Gasteiger partial charge in [0.15, 0.2) is 0 Å². The maximum Gasteiger partial charge on any atom is 0.615 e. The first-order valence-electron chi connectivity index (χ1n) is 0.875. The van der Waals surface area contributed by atoms with Gasteiger partial charge in [-0.15, -0.1) is 0 Å². The van der Waals surface area contributed by atoms with Gasteiger partial charge in [0.1, 0.15) is 0 Å². The second-order valence-corrected chi connectivity index (χ2v) is 0.705. The molecular weight excluding hydrogens is 89.5 g/mol. The Morgan fingerprint density at radius 3 is 2.20 bits per heavy atom. The Bertz CT molecular complexity index is 82.1. The van der Waals surface area contributed by atoms with Crippen molar-refractivity contribution in [1.29, 1.82) is 0 Å². The molecule has 5 heavy (non-hydrogen) atoms. The van der Waals surface area contributed by atoms with Gasteiger partial charge in [-0.2, -0.15) is 4.79 Å². The van der Waals surface area contributed by atoms with Gasteiger partial charge in [-0.05, 0) is 0 Å². The van der Waals surface area contributed by atoms with Gasteiger partial charge in [0.05, 0.1) is 11.6 Å². The molecule has 0 rings (SSSR count). The van der Waals surface area contributed by atoms with E-state index in [4.69, 9.17) is 0 Å². The lowest BCUT2D eigenvalue weighted by Gasteiger charge is -1.36. The Morgan fingerprint density at radius 2 is 2.20 bits per heavy atom. The van der Waals surface area contributed by atoms with Gasteiger partial charge < -0.3 is 0 Å². The van der Waals surface area contributed by atoms with Crippen LogP contribution in [0.15, 0.2) is 0 Å². The van der Waals surface area contributed by atoms with Crippen LogP contribution in [-0.2, 0) is 0 Å². The lowest BCUT2D eigenvalue weighted by atomic mass is 11.4. The Kier molecular flexibility index (Phi) is 1.55. The molecule has 0 fully saturated rings. The highest BCUT2D eigenvalue weighted by Gasteiger charge is 1.95. The minimum Gasteiger partial charge on any atom is -0.185 e. The molecule has 0 N–H and O–H groups in total. The van der Waals surface area contributed by atoms with Crippen LogP contribution in [0.3, 0.4) is 0 Å². The lowest BCUT2D eigenvalue weighted by molar-refractivity contribution is 0.271. The summed E-state index contributed by atoms with van der Waals surface area (Å²) >= 11 is 4.53. The third-order valence-electron chi connectivity index (χ3n) is 0.101. The number of hydrogen-bond donors (Lipinski definition) is 0. The van der Waals surface area contributed by atoms with Crippen molar-refractivity contribution in [2.75, 3.05) is 0 Å². The molecule has 0 unspecified atom stereocenters. The van der Waals surface area contributed by atoms with Gasteiger partial charge in [0.25, 0.3) is 6.57 Å². The van der Waals surface area contributed by atoms with E-state index in [2.05, 4.69) is 23.0 Å². The predicted molar refractivity (Wildman–Crippen MR) is 19.6 cm³/mol. The van der Waals surface area contributed by atoms with E-state index >= 15 is 0 Å². The Hall–Kier alpha value is -0.550. The highest BCUT2D eigenvalue weighted by Crippen LogP contribution is 1.79. The number of rotatable bonds is 0. The molecule has 0 atom stereocenters. The smallest absolute Gasteiger partial charge is 0.185 e. The summed E-state index contributed by atoms with van der Waals surface area (Å²) in [5.74, 6) is 0. The maximum atomic E-state index is 9.29. The molecule has 3 heteroatoms. The SMILES string of the molecule is C#[N+]C(=O)Cl. The van der Waals surface area contributed by atoms with E-state index in [-0.39, 0.29) is 0 Å². The van der Waals surface area contributed by atoms with Crippen LogP contribution < -0.4 is 0 Å². The molecule has 0 saturated carbocycles. The molecule has 0 aliphatic rings. The van der Waals surface area contributed by atoms with Gasteiger partial charge in [-0.25, -0.2) is 0 Å². The van der Waals surface area contributed by atoms with Crippen molar-refractivity contribution < 1.29 is 4.79 Å². The van der Waals surface area contributed by atoms with Crippen molar-refractivity contribution in [1.82, 2.24) is 0 Å². The van der Waals surface area contributed by atoms with Crippen molar-refractivity contribution in [3.8, 4) is 6.57 Å². The largest absolute Gasteiger partial charge is 0.615 e. The minimum absolute atomic E-state index is 0.870. The summed E-state index contributed by atoms with van der Waals surface area (Å²) in [5.41, 5.74) is 0. The fraction of sp³-hybridized carbons (Fsp3) is 0. The molecule has 0 heterocycles. The van der Waals surface area contributed by atoms with Crippen LogP contribution in [0.5, 0.6) is 0 Å². The molecule has 0 saturated heterocycles. The molecule has 0 spiro atoms. The zero-order valence-electron chi connectivity index (χ0n) is 2.31. The first-order chi connectivity index (χ1) is 2.27. The van der Waals surface area contributed by atoms with E-state index in [0.717, 1.165) is 0 Å². The summed E-state index contributed by atoms with van der Waals surface area (Å²) < 4.78 is 0. The summed E-state index contributed by atoms with van der Waals surface area (Å²) in [4.78, 5) is 11.8. The molecule has 0 bridgehead atoms. The van der Waals surface area contributed by atoms with Crippen molar-refractivity contribution >= 4 is 17.0 Å². The van der Waals surface area contributed by atoms with Crippen molar-refractivity contribution in [3.63, 3.8) is 0 Å². The number of carbonyl (C=O) groups is 1. The number of hydrogen-bond acceptors (Lipinski definition) is 1.